The van der Waals surface area contributed by atoms with Crippen molar-refractivity contribution in [3.8, 4) is 0 Å². The Balaban J connectivity index is 3.23. The van der Waals surface area contributed by atoms with Crippen LogP contribution in [0, 0.1) is 10.1 Å². The van der Waals surface area contributed by atoms with E-state index in [2.05, 4.69) is 0 Å². The van der Waals surface area contributed by atoms with E-state index >= 15 is 0 Å². The molecule has 0 saturated carbocycles. The molecule has 0 aliphatic heterocycles. The first kappa shape index (κ1) is 15.4. The van der Waals surface area contributed by atoms with Crippen molar-refractivity contribution < 1.29 is 13.3 Å². The number of rotatable bonds is 6. The van der Waals surface area contributed by atoms with Gasteiger partial charge in [0.2, 0.25) is 0 Å². The van der Waals surface area contributed by atoms with Gasteiger partial charge in [0, 0.05) is 25.9 Å². The van der Waals surface area contributed by atoms with Crippen molar-refractivity contribution in [3.63, 3.8) is 0 Å². The average Bonchev–Trinajstić information content (AvgIpc) is 2.34. The molecule has 0 aliphatic carbocycles. The first-order valence-corrected chi connectivity index (χ1v) is 7.86. The Kier molecular flexibility index (Phi) is 4.88. The van der Waals surface area contributed by atoms with Crippen molar-refractivity contribution >= 4 is 21.2 Å². The summed E-state index contributed by atoms with van der Waals surface area (Å²) >= 11 is 0. The van der Waals surface area contributed by atoms with E-state index in [0.717, 1.165) is 25.2 Å². The maximum Gasteiger partial charge on any atom is 0.293 e. The van der Waals surface area contributed by atoms with Gasteiger partial charge in [-0.25, -0.2) is 8.42 Å². The third kappa shape index (κ3) is 3.92. The number of hydrogen-bond acceptors (Lipinski definition) is 5. The van der Waals surface area contributed by atoms with Gasteiger partial charge in [-0.3, -0.25) is 10.1 Å². The third-order valence-corrected chi connectivity index (χ3v) is 3.94. The van der Waals surface area contributed by atoms with Gasteiger partial charge in [-0.05, 0) is 18.6 Å². The lowest BCUT2D eigenvalue weighted by Crippen LogP contribution is -2.19. The number of unbranched alkanes of at least 4 members (excludes halogenated alkanes) is 1. The second-order valence-electron chi connectivity index (χ2n) is 4.45. The van der Waals surface area contributed by atoms with Gasteiger partial charge < -0.3 is 4.90 Å². The standard InChI is InChI=1S/C12H18N2O4S/c1-4-5-8-13(2)11-7-6-10(19(3,17)18)9-12(11)14(15)16/h6-7,9H,4-5,8H2,1-3H3. The molecular formula is C12H18N2O4S. The number of benzene rings is 1. The van der Waals surface area contributed by atoms with Crippen LogP contribution in [0.1, 0.15) is 19.8 Å². The highest BCUT2D eigenvalue weighted by atomic mass is 32.2. The van der Waals surface area contributed by atoms with Crippen molar-refractivity contribution in [2.75, 3.05) is 24.7 Å². The molecule has 0 radical (unpaired) electrons. The highest BCUT2D eigenvalue weighted by Crippen LogP contribution is 2.30. The molecule has 6 nitrogen and oxygen atoms in total. The number of hydrogen-bond donors (Lipinski definition) is 0. The van der Waals surface area contributed by atoms with E-state index in [-0.39, 0.29) is 10.6 Å². The maximum atomic E-state index is 11.4. The van der Waals surface area contributed by atoms with Gasteiger partial charge in [0.25, 0.3) is 5.69 Å². The molecule has 0 bridgehead atoms. The maximum absolute atomic E-state index is 11.4. The summed E-state index contributed by atoms with van der Waals surface area (Å²) in [7, 11) is -1.68. The predicted molar refractivity (Wildman–Crippen MR) is 74.4 cm³/mol. The number of nitro benzene ring substituents is 1. The number of nitrogens with zero attached hydrogens (tertiary/aromatic N) is 2. The first-order valence-electron chi connectivity index (χ1n) is 5.97. The zero-order valence-corrected chi connectivity index (χ0v) is 12.1. The average molecular weight is 286 g/mol. The lowest BCUT2D eigenvalue weighted by molar-refractivity contribution is -0.384. The molecule has 0 unspecified atom stereocenters. The molecule has 1 aromatic carbocycles. The van der Waals surface area contributed by atoms with Gasteiger partial charge in [0.05, 0.1) is 9.82 Å². The minimum Gasteiger partial charge on any atom is -0.369 e. The van der Waals surface area contributed by atoms with Crippen molar-refractivity contribution in [2.45, 2.75) is 24.7 Å². The van der Waals surface area contributed by atoms with Crippen LogP contribution in [0.15, 0.2) is 23.1 Å². The van der Waals surface area contributed by atoms with Gasteiger partial charge in [-0.15, -0.1) is 0 Å². The summed E-state index contributed by atoms with van der Waals surface area (Å²) in [6.07, 6.45) is 2.94. The van der Waals surface area contributed by atoms with Crippen LogP contribution in [0.3, 0.4) is 0 Å². The Labute approximate surface area is 113 Å². The van der Waals surface area contributed by atoms with Crippen LogP contribution >= 0.6 is 0 Å². The minimum absolute atomic E-state index is 0.0353. The third-order valence-electron chi connectivity index (χ3n) is 2.83. The van der Waals surface area contributed by atoms with Crippen molar-refractivity contribution in [1.82, 2.24) is 0 Å². The molecular weight excluding hydrogens is 268 g/mol. The molecule has 0 spiro atoms. The zero-order chi connectivity index (χ0) is 14.6. The van der Waals surface area contributed by atoms with Crippen molar-refractivity contribution in [3.05, 3.63) is 28.3 Å². The molecule has 0 N–H and O–H groups in total. The highest BCUT2D eigenvalue weighted by Gasteiger charge is 2.20. The highest BCUT2D eigenvalue weighted by molar-refractivity contribution is 7.90. The summed E-state index contributed by atoms with van der Waals surface area (Å²) in [5.74, 6) is 0. The van der Waals surface area contributed by atoms with Crippen molar-refractivity contribution in [2.24, 2.45) is 0 Å². The smallest absolute Gasteiger partial charge is 0.293 e. The molecule has 0 amide bonds. The van der Waals surface area contributed by atoms with E-state index in [0.29, 0.717) is 12.2 Å². The van der Waals surface area contributed by atoms with Gasteiger partial charge in [-0.1, -0.05) is 13.3 Å². The topological polar surface area (TPSA) is 80.5 Å². The second kappa shape index (κ2) is 6.01. The largest absolute Gasteiger partial charge is 0.369 e. The van der Waals surface area contributed by atoms with E-state index in [4.69, 9.17) is 0 Å². The summed E-state index contributed by atoms with van der Waals surface area (Å²) in [6.45, 7) is 2.73. The summed E-state index contributed by atoms with van der Waals surface area (Å²) in [5.41, 5.74) is 0.257. The molecule has 0 aliphatic rings. The van der Waals surface area contributed by atoms with Crippen LogP contribution in [0.5, 0.6) is 0 Å². The number of anilines is 1. The molecule has 1 aromatic rings. The van der Waals surface area contributed by atoms with Crippen LogP contribution in [0.2, 0.25) is 0 Å². The minimum atomic E-state index is -3.44. The molecule has 0 saturated heterocycles. The number of nitro groups is 1. The fraction of sp³-hybridized carbons (Fsp3) is 0.500. The molecule has 0 aromatic heterocycles. The quantitative estimate of drug-likeness (QED) is 0.591. The van der Waals surface area contributed by atoms with E-state index < -0.39 is 14.8 Å². The Morgan fingerprint density at radius 2 is 2.00 bits per heavy atom. The van der Waals surface area contributed by atoms with Crippen molar-refractivity contribution in [1.29, 1.82) is 0 Å². The first-order chi connectivity index (χ1) is 8.77. The molecule has 0 fully saturated rings. The molecule has 19 heavy (non-hydrogen) atoms. The summed E-state index contributed by atoms with van der Waals surface area (Å²) in [6, 6.07) is 4.01. The van der Waals surface area contributed by atoms with Crippen LogP contribution in [-0.4, -0.2) is 33.2 Å². The normalized spacial score (nSPS) is 11.3. The van der Waals surface area contributed by atoms with Gasteiger partial charge >= 0.3 is 0 Å². The second-order valence-corrected chi connectivity index (χ2v) is 6.47. The SMILES string of the molecule is CCCCN(C)c1ccc(S(C)(=O)=O)cc1[N+](=O)[O-]. The molecule has 1 rings (SSSR count). The lowest BCUT2D eigenvalue weighted by Gasteiger charge is -2.19. The summed E-state index contributed by atoms with van der Waals surface area (Å²) in [4.78, 5) is 12.3. The Morgan fingerprint density at radius 1 is 1.37 bits per heavy atom. The summed E-state index contributed by atoms with van der Waals surface area (Å²) < 4.78 is 22.8. The number of sulfone groups is 1. The predicted octanol–water partition coefficient (Wildman–Crippen LogP) is 2.23. The van der Waals surface area contributed by atoms with Crippen LogP contribution in [0.4, 0.5) is 11.4 Å². The van der Waals surface area contributed by atoms with Gasteiger partial charge in [-0.2, -0.15) is 0 Å². The molecule has 7 heteroatoms. The van der Waals surface area contributed by atoms with Gasteiger partial charge in [0.15, 0.2) is 9.84 Å². The van der Waals surface area contributed by atoms with Gasteiger partial charge in [0.1, 0.15) is 5.69 Å². The Bertz CT molecular complexity index is 569. The van der Waals surface area contributed by atoms with Crippen LogP contribution in [0.25, 0.3) is 0 Å². The van der Waals surface area contributed by atoms with E-state index in [1.165, 1.54) is 12.1 Å². The van der Waals surface area contributed by atoms with E-state index in [1.807, 2.05) is 6.92 Å². The molecule has 0 heterocycles. The monoisotopic (exact) mass is 286 g/mol. The fourth-order valence-corrected chi connectivity index (χ4v) is 2.36. The van der Waals surface area contributed by atoms with E-state index in [9.17, 15) is 18.5 Å². The zero-order valence-electron chi connectivity index (χ0n) is 11.3. The molecule has 106 valence electrons. The molecule has 0 atom stereocenters. The fourth-order valence-electron chi connectivity index (χ4n) is 1.72. The van der Waals surface area contributed by atoms with Crippen LogP contribution < -0.4 is 4.90 Å². The Morgan fingerprint density at radius 3 is 2.47 bits per heavy atom. The van der Waals surface area contributed by atoms with Crippen LogP contribution in [-0.2, 0) is 9.84 Å². The Hall–Kier alpha value is -1.63. The summed E-state index contributed by atoms with van der Waals surface area (Å²) in [5, 5.41) is 11.1. The van der Waals surface area contributed by atoms with E-state index in [1.54, 1.807) is 11.9 Å². The lowest BCUT2D eigenvalue weighted by atomic mass is 10.2.